The van der Waals surface area contributed by atoms with E-state index in [0.29, 0.717) is 6.42 Å². The van der Waals surface area contributed by atoms with Gasteiger partial charge in [-0.15, -0.1) is 0 Å². The number of ether oxygens (including phenoxy) is 2. The molecule has 0 rings (SSSR count). The van der Waals surface area contributed by atoms with Crippen molar-refractivity contribution in [3.05, 3.63) is 6.92 Å². The highest BCUT2D eigenvalue weighted by atomic mass is 16.6. The van der Waals surface area contributed by atoms with Crippen molar-refractivity contribution in [3.8, 4) is 0 Å². The van der Waals surface area contributed by atoms with Gasteiger partial charge in [0.25, 0.3) is 0 Å². The summed E-state index contributed by atoms with van der Waals surface area (Å²) in [5.74, 6) is -0.737. The summed E-state index contributed by atoms with van der Waals surface area (Å²) in [6.45, 7) is 8.19. The molecule has 1 radical (unpaired) electrons. The normalized spacial score (nSPS) is 10.8. The average Bonchev–Trinajstić information content (AvgIpc) is 1.81. The fraction of sp³-hybridized carbons (Fsp3) is 0.667. The van der Waals surface area contributed by atoms with Gasteiger partial charge in [0.1, 0.15) is 5.60 Å². The molecular weight excluding hydrogens is 172 g/mol. The highest BCUT2D eigenvalue weighted by Crippen LogP contribution is 2.13. The van der Waals surface area contributed by atoms with Crippen LogP contribution in [0.2, 0.25) is 0 Å². The molecule has 1 unspecified atom stereocenters. The van der Waals surface area contributed by atoms with Crippen molar-refractivity contribution in [1.82, 2.24) is 0 Å². The molecule has 0 aliphatic heterocycles. The highest BCUT2D eigenvalue weighted by molar-refractivity contribution is 5.66. The lowest BCUT2D eigenvalue weighted by atomic mass is 10.1. The Kier molecular flexibility index (Phi) is 4.45. The van der Waals surface area contributed by atoms with E-state index < -0.39 is 5.60 Å². The predicted molar refractivity (Wildman–Crippen MR) is 46.8 cm³/mol. The summed E-state index contributed by atoms with van der Waals surface area (Å²) in [7, 11) is 0. The minimum Gasteiger partial charge on any atom is -0.466 e. The molecule has 0 aromatic heterocycles. The molecule has 1 atom stereocenters. The van der Waals surface area contributed by atoms with E-state index >= 15 is 0 Å². The lowest BCUT2D eigenvalue weighted by molar-refractivity contribution is -0.153. The molecule has 13 heavy (non-hydrogen) atoms. The predicted octanol–water partition coefficient (Wildman–Crippen LogP) is 1.10. The number of carbonyl (C=O) groups is 2. The van der Waals surface area contributed by atoms with Crippen molar-refractivity contribution >= 4 is 11.9 Å². The van der Waals surface area contributed by atoms with Crippen molar-refractivity contribution < 1.29 is 19.1 Å². The minimum absolute atomic E-state index is 0.211. The third-order valence-corrected chi connectivity index (χ3v) is 1.33. The summed E-state index contributed by atoms with van der Waals surface area (Å²) in [4.78, 5) is 21.0. The Morgan fingerprint density at radius 3 is 2.23 bits per heavy atom. The van der Waals surface area contributed by atoms with Gasteiger partial charge >= 0.3 is 11.9 Å². The Labute approximate surface area is 78.2 Å². The molecule has 0 aromatic carbocycles. The maximum absolute atomic E-state index is 10.6. The van der Waals surface area contributed by atoms with Crippen molar-refractivity contribution in [2.75, 3.05) is 6.61 Å². The molecule has 0 fully saturated rings. The maximum Gasteiger partial charge on any atom is 0.303 e. The summed E-state index contributed by atoms with van der Waals surface area (Å²) in [6.07, 6.45) is 0.395. The number of hydrogen-bond acceptors (Lipinski definition) is 4. The van der Waals surface area contributed by atoms with Crippen molar-refractivity contribution in [3.63, 3.8) is 0 Å². The van der Waals surface area contributed by atoms with Crippen LogP contribution in [0.4, 0.5) is 0 Å². The molecule has 0 aliphatic carbocycles. The van der Waals surface area contributed by atoms with Crippen LogP contribution >= 0.6 is 0 Å². The van der Waals surface area contributed by atoms with Crippen molar-refractivity contribution in [1.29, 1.82) is 0 Å². The maximum atomic E-state index is 10.6. The molecule has 4 heteroatoms. The Hall–Kier alpha value is -1.06. The second-order valence-electron chi connectivity index (χ2n) is 3.13. The van der Waals surface area contributed by atoms with Crippen LogP contribution in [-0.2, 0) is 19.1 Å². The van der Waals surface area contributed by atoms with E-state index in [1.165, 1.54) is 13.8 Å². The van der Waals surface area contributed by atoms with Gasteiger partial charge in [0, 0.05) is 20.3 Å². The molecule has 0 N–H and O–H groups in total. The molecule has 4 nitrogen and oxygen atoms in total. The third kappa shape index (κ3) is 7.31. The zero-order valence-corrected chi connectivity index (χ0v) is 8.25. The monoisotopic (exact) mass is 187 g/mol. The first kappa shape index (κ1) is 11.9. The van der Waals surface area contributed by atoms with Gasteiger partial charge in [0.15, 0.2) is 0 Å². The van der Waals surface area contributed by atoms with E-state index in [2.05, 4.69) is 11.7 Å². The lowest BCUT2D eigenvalue weighted by Crippen LogP contribution is -2.29. The highest BCUT2D eigenvalue weighted by Gasteiger charge is 2.21. The first-order chi connectivity index (χ1) is 5.83. The Morgan fingerprint density at radius 1 is 1.31 bits per heavy atom. The zero-order valence-electron chi connectivity index (χ0n) is 8.25. The smallest absolute Gasteiger partial charge is 0.303 e. The molecule has 0 spiro atoms. The third-order valence-electron chi connectivity index (χ3n) is 1.33. The van der Waals surface area contributed by atoms with Crippen LogP contribution in [0.25, 0.3) is 0 Å². The number of hydrogen-bond donors (Lipinski definition) is 0. The van der Waals surface area contributed by atoms with Gasteiger partial charge in [0.05, 0.1) is 6.61 Å². The SMILES string of the molecule is [CH2]C(C)(CCOC(C)=O)OC(C)=O. The Bertz CT molecular complexity index is 196. The minimum atomic E-state index is -0.818. The first-order valence-electron chi connectivity index (χ1n) is 4.02. The molecule has 75 valence electrons. The van der Waals surface area contributed by atoms with Crippen LogP contribution in [0.15, 0.2) is 0 Å². The van der Waals surface area contributed by atoms with Gasteiger partial charge in [-0.05, 0) is 13.8 Å². The van der Waals surface area contributed by atoms with Gasteiger partial charge in [-0.25, -0.2) is 0 Å². The first-order valence-corrected chi connectivity index (χ1v) is 4.02. The number of esters is 2. The number of rotatable bonds is 4. The molecule has 0 heterocycles. The topological polar surface area (TPSA) is 52.6 Å². The summed E-state index contributed by atoms with van der Waals surface area (Å²) in [6, 6.07) is 0. The molecule has 0 amide bonds. The summed E-state index contributed by atoms with van der Waals surface area (Å²) >= 11 is 0. The van der Waals surface area contributed by atoms with Crippen LogP contribution in [0.1, 0.15) is 27.2 Å². The second-order valence-corrected chi connectivity index (χ2v) is 3.13. The fourth-order valence-electron chi connectivity index (χ4n) is 0.809. The molecular formula is C9H15O4. The van der Waals surface area contributed by atoms with Gasteiger partial charge in [-0.2, -0.15) is 0 Å². The van der Waals surface area contributed by atoms with Crippen LogP contribution in [-0.4, -0.2) is 24.1 Å². The van der Waals surface area contributed by atoms with Crippen molar-refractivity contribution in [2.24, 2.45) is 0 Å². The standard InChI is InChI=1S/C9H15O4/c1-7(10)12-6-5-9(3,4)13-8(2)11/h3,5-6H2,1-2,4H3. The average molecular weight is 187 g/mol. The van der Waals surface area contributed by atoms with E-state index in [0.717, 1.165) is 0 Å². The van der Waals surface area contributed by atoms with Crippen molar-refractivity contribution in [2.45, 2.75) is 32.8 Å². The van der Waals surface area contributed by atoms with Crippen LogP contribution in [0, 0.1) is 6.92 Å². The quantitative estimate of drug-likeness (QED) is 0.618. The van der Waals surface area contributed by atoms with E-state index in [1.54, 1.807) is 6.92 Å². The molecule has 0 saturated heterocycles. The van der Waals surface area contributed by atoms with Gasteiger partial charge in [-0.3, -0.25) is 9.59 Å². The summed E-state index contributed by atoms with van der Waals surface area (Å²) in [5, 5.41) is 0. The van der Waals surface area contributed by atoms with E-state index in [-0.39, 0.29) is 18.5 Å². The van der Waals surface area contributed by atoms with Gasteiger partial charge in [-0.1, -0.05) is 0 Å². The largest absolute Gasteiger partial charge is 0.466 e. The Morgan fingerprint density at radius 2 is 1.85 bits per heavy atom. The fourth-order valence-corrected chi connectivity index (χ4v) is 0.809. The van der Waals surface area contributed by atoms with E-state index in [9.17, 15) is 9.59 Å². The number of carbonyl (C=O) groups excluding carboxylic acids is 2. The van der Waals surface area contributed by atoms with E-state index in [1.807, 2.05) is 0 Å². The second kappa shape index (κ2) is 4.84. The van der Waals surface area contributed by atoms with Crippen LogP contribution in [0.5, 0.6) is 0 Å². The molecule has 0 saturated carbocycles. The van der Waals surface area contributed by atoms with E-state index in [4.69, 9.17) is 4.74 Å². The van der Waals surface area contributed by atoms with Crippen LogP contribution < -0.4 is 0 Å². The molecule has 0 bridgehead atoms. The van der Waals surface area contributed by atoms with Gasteiger partial charge < -0.3 is 9.47 Å². The summed E-state index contributed by atoms with van der Waals surface area (Å²) in [5.41, 5.74) is -0.818. The Balaban J connectivity index is 3.75. The summed E-state index contributed by atoms with van der Waals surface area (Å²) < 4.78 is 9.57. The zero-order chi connectivity index (χ0) is 10.5. The molecule has 0 aromatic rings. The van der Waals surface area contributed by atoms with Gasteiger partial charge in [0.2, 0.25) is 0 Å². The lowest BCUT2D eigenvalue weighted by Gasteiger charge is -2.23. The van der Waals surface area contributed by atoms with Crippen LogP contribution in [0.3, 0.4) is 0 Å². The molecule has 0 aliphatic rings.